The van der Waals surface area contributed by atoms with E-state index in [4.69, 9.17) is 4.74 Å². The van der Waals surface area contributed by atoms with E-state index < -0.39 is 0 Å². The van der Waals surface area contributed by atoms with Crippen LogP contribution in [0.3, 0.4) is 0 Å². The summed E-state index contributed by atoms with van der Waals surface area (Å²) in [5.74, 6) is 1.25. The first-order valence-corrected chi connectivity index (χ1v) is 10.8. The molecule has 3 aromatic rings. The first-order valence-electron chi connectivity index (χ1n) is 9.99. The second kappa shape index (κ2) is 8.81. The van der Waals surface area contributed by atoms with Gasteiger partial charge in [0.05, 0.1) is 11.4 Å². The lowest BCUT2D eigenvalue weighted by atomic mass is 10.2. The number of carbonyl (C=O) groups excluding carboxylic acids is 2. The van der Waals surface area contributed by atoms with Crippen LogP contribution in [0, 0.1) is 20.8 Å². The summed E-state index contributed by atoms with van der Waals surface area (Å²) in [4.78, 5) is 31.3. The zero-order valence-corrected chi connectivity index (χ0v) is 18.5. The maximum atomic E-state index is 12.8. The van der Waals surface area contributed by atoms with Gasteiger partial charge in [0.1, 0.15) is 18.2 Å². The number of thioether (sulfide) groups is 1. The molecule has 6 nitrogen and oxygen atoms in total. The van der Waals surface area contributed by atoms with Crippen LogP contribution in [0.15, 0.2) is 59.6 Å². The van der Waals surface area contributed by atoms with Crippen LogP contribution in [0.1, 0.15) is 22.5 Å². The predicted molar refractivity (Wildman–Crippen MR) is 122 cm³/mol. The number of hydrogen-bond acceptors (Lipinski definition) is 5. The summed E-state index contributed by atoms with van der Waals surface area (Å²) in [6.07, 6.45) is 3.53. The largest absolute Gasteiger partial charge is 0.492 e. The van der Waals surface area contributed by atoms with Gasteiger partial charge in [-0.25, -0.2) is 4.98 Å². The van der Waals surface area contributed by atoms with Crippen LogP contribution >= 0.6 is 11.8 Å². The van der Waals surface area contributed by atoms with Gasteiger partial charge in [-0.1, -0.05) is 23.8 Å². The average Bonchev–Trinajstić information content (AvgIpc) is 3.19. The van der Waals surface area contributed by atoms with Crippen LogP contribution in [-0.4, -0.2) is 38.7 Å². The molecule has 158 valence electrons. The molecule has 0 radical (unpaired) electrons. The Morgan fingerprint density at radius 3 is 2.55 bits per heavy atom. The topological polar surface area (TPSA) is 64.4 Å². The quantitative estimate of drug-likeness (QED) is 0.517. The molecule has 1 aromatic carbocycles. The Bertz CT molecular complexity index is 1150. The van der Waals surface area contributed by atoms with E-state index in [1.165, 1.54) is 4.90 Å². The molecular formula is C24H23N3O3S. The SMILES string of the molecule is Cc1ccc(OCCN2C(=O)S/C(=C\c3cc(C)n(-c4ccccn4)c3C)C2=O)cc1. The number of carbonyl (C=O) groups is 2. The van der Waals surface area contributed by atoms with Crippen molar-refractivity contribution in [2.24, 2.45) is 0 Å². The van der Waals surface area contributed by atoms with Crippen molar-refractivity contribution in [1.29, 1.82) is 0 Å². The standard InChI is InChI=1S/C24H23N3O3S/c1-16-7-9-20(10-8-16)30-13-12-26-23(28)21(31-24(26)29)15-19-14-17(2)27(18(19)3)22-6-4-5-11-25-22/h4-11,14-15H,12-13H2,1-3H3/b21-15-. The highest BCUT2D eigenvalue weighted by atomic mass is 32.2. The molecule has 1 saturated heterocycles. The maximum absolute atomic E-state index is 12.8. The van der Waals surface area contributed by atoms with E-state index in [9.17, 15) is 9.59 Å². The smallest absolute Gasteiger partial charge is 0.293 e. The zero-order chi connectivity index (χ0) is 22.0. The summed E-state index contributed by atoms with van der Waals surface area (Å²) >= 11 is 0.963. The average molecular weight is 434 g/mol. The number of imide groups is 1. The Labute approximate surface area is 185 Å². The first-order chi connectivity index (χ1) is 14.9. The van der Waals surface area contributed by atoms with E-state index in [0.717, 1.165) is 45.8 Å². The minimum atomic E-state index is -0.287. The highest BCUT2D eigenvalue weighted by Crippen LogP contribution is 2.33. The van der Waals surface area contributed by atoms with Gasteiger partial charge in [-0.3, -0.25) is 14.5 Å². The number of amides is 2. The Balaban J connectivity index is 1.48. The van der Waals surface area contributed by atoms with Gasteiger partial charge in [-0.15, -0.1) is 0 Å². The lowest BCUT2D eigenvalue weighted by molar-refractivity contribution is -0.123. The minimum Gasteiger partial charge on any atom is -0.492 e. The molecule has 0 bridgehead atoms. The Morgan fingerprint density at radius 1 is 1.06 bits per heavy atom. The number of benzene rings is 1. The predicted octanol–water partition coefficient (Wildman–Crippen LogP) is 4.91. The molecule has 2 amide bonds. The molecule has 1 aliphatic heterocycles. The van der Waals surface area contributed by atoms with Crippen LogP contribution < -0.4 is 4.74 Å². The number of hydrogen-bond donors (Lipinski definition) is 0. The van der Waals surface area contributed by atoms with Crippen molar-refractivity contribution in [3.8, 4) is 11.6 Å². The van der Waals surface area contributed by atoms with Crippen molar-refractivity contribution in [2.75, 3.05) is 13.2 Å². The summed E-state index contributed by atoms with van der Waals surface area (Å²) in [6.45, 7) is 6.44. The summed E-state index contributed by atoms with van der Waals surface area (Å²) in [5, 5.41) is -0.276. The van der Waals surface area contributed by atoms with Gasteiger partial charge in [0, 0.05) is 17.6 Å². The third kappa shape index (κ3) is 4.41. The highest BCUT2D eigenvalue weighted by molar-refractivity contribution is 8.18. The number of aromatic nitrogens is 2. The molecule has 1 fully saturated rings. The summed E-state index contributed by atoms with van der Waals surface area (Å²) in [5.41, 5.74) is 4.01. The molecule has 0 atom stereocenters. The van der Waals surface area contributed by atoms with Crippen molar-refractivity contribution in [1.82, 2.24) is 14.5 Å². The number of nitrogens with zero attached hydrogens (tertiary/aromatic N) is 3. The van der Waals surface area contributed by atoms with Gasteiger partial charge in [-0.05, 0) is 74.5 Å². The van der Waals surface area contributed by atoms with Gasteiger partial charge in [0.2, 0.25) is 0 Å². The molecule has 0 N–H and O–H groups in total. The third-order valence-electron chi connectivity index (χ3n) is 5.11. The molecule has 7 heteroatoms. The minimum absolute atomic E-state index is 0.211. The van der Waals surface area contributed by atoms with Crippen molar-refractivity contribution in [2.45, 2.75) is 20.8 Å². The molecular weight excluding hydrogens is 410 g/mol. The molecule has 0 aliphatic carbocycles. The summed E-state index contributed by atoms with van der Waals surface area (Å²) in [6, 6.07) is 15.4. The van der Waals surface area contributed by atoms with E-state index in [1.807, 2.05) is 73.9 Å². The van der Waals surface area contributed by atoms with Gasteiger partial charge in [0.25, 0.3) is 11.1 Å². The van der Waals surface area contributed by atoms with Crippen LogP contribution in [0.25, 0.3) is 11.9 Å². The highest BCUT2D eigenvalue weighted by Gasteiger charge is 2.35. The molecule has 0 spiro atoms. The molecule has 2 aromatic heterocycles. The lowest BCUT2D eigenvalue weighted by Crippen LogP contribution is -2.32. The van der Waals surface area contributed by atoms with Crippen LogP contribution in [0.5, 0.6) is 5.75 Å². The molecule has 31 heavy (non-hydrogen) atoms. The second-order valence-corrected chi connectivity index (χ2v) is 8.34. The molecule has 0 saturated carbocycles. The fourth-order valence-electron chi connectivity index (χ4n) is 3.50. The number of rotatable bonds is 6. The summed E-state index contributed by atoms with van der Waals surface area (Å²) in [7, 11) is 0. The van der Waals surface area contributed by atoms with E-state index in [2.05, 4.69) is 4.98 Å². The van der Waals surface area contributed by atoms with Crippen molar-refractivity contribution in [3.05, 3.63) is 82.1 Å². The first kappa shape index (κ1) is 20.9. The Morgan fingerprint density at radius 2 is 1.84 bits per heavy atom. The molecule has 4 rings (SSSR count). The third-order valence-corrected chi connectivity index (χ3v) is 6.02. The van der Waals surface area contributed by atoms with Crippen molar-refractivity contribution < 1.29 is 14.3 Å². The fraction of sp³-hybridized carbons (Fsp3) is 0.208. The number of ether oxygens (including phenoxy) is 1. The Kier molecular flexibility index (Phi) is 5.95. The van der Waals surface area contributed by atoms with E-state index in [0.29, 0.717) is 4.91 Å². The van der Waals surface area contributed by atoms with Crippen LogP contribution in [0.2, 0.25) is 0 Å². The van der Waals surface area contributed by atoms with E-state index >= 15 is 0 Å². The fourth-order valence-corrected chi connectivity index (χ4v) is 4.35. The van der Waals surface area contributed by atoms with E-state index in [1.54, 1.807) is 12.3 Å². The second-order valence-electron chi connectivity index (χ2n) is 7.34. The lowest BCUT2D eigenvalue weighted by Gasteiger charge is -2.13. The number of aryl methyl sites for hydroxylation is 2. The molecule has 1 aliphatic rings. The van der Waals surface area contributed by atoms with Gasteiger partial charge in [-0.2, -0.15) is 0 Å². The van der Waals surface area contributed by atoms with Crippen molar-refractivity contribution in [3.63, 3.8) is 0 Å². The number of pyridine rings is 1. The van der Waals surface area contributed by atoms with Gasteiger partial charge < -0.3 is 9.30 Å². The normalized spacial score (nSPS) is 15.2. The molecule has 3 heterocycles. The van der Waals surface area contributed by atoms with E-state index in [-0.39, 0.29) is 24.3 Å². The van der Waals surface area contributed by atoms with Crippen LogP contribution in [0.4, 0.5) is 4.79 Å². The zero-order valence-electron chi connectivity index (χ0n) is 17.7. The maximum Gasteiger partial charge on any atom is 0.293 e. The molecule has 0 unspecified atom stereocenters. The van der Waals surface area contributed by atoms with Gasteiger partial charge in [0.15, 0.2) is 0 Å². The Hall–Kier alpha value is -3.32. The van der Waals surface area contributed by atoms with Crippen molar-refractivity contribution >= 4 is 29.0 Å². The van der Waals surface area contributed by atoms with Crippen LogP contribution in [-0.2, 0) is 4.79 Å². The monoisotopic (exact) mass is 433 g/mol. The van der Waals surface area contributed by atoms with Gasteiger partial charge >= 0.3 is 0 Å². The summed E-state index contributed by atoms with van der Waals surface area (Å²) < 4.78 is 7.71.